The molecule has 22 heavy (non-hydrogen) atoms. The third-order valence-electron chi connectivity index (χ3n) is 2.87. The molecule has 1 aromatic rings. The van der Waals surface area contributed by atoms with Crippen LogP contribution in [0, 0.1) is 0 Å². The van der Waals surface area contributed by atoms with Crippen LogP contribution in [0.4, 0.5) is 0 Å². The minimum atomic E-state index is -4.04. The van der Waals surface area contributed by atoms with E-state index >= 15 is 0 Å². The lowest BCUT2D eigenvalue weighted by atomic mass is 10.1. The molecule has 0 aliphatic heterocycles. The highest BCUT2D eigenvalue weighted by Crippen LogP contribution is 2.15. The Morgan fingerprint density at radius 3 is 2.27 bits per heavy atom. The van der Waals surface area contributed by atoms with Crippen molar-refractivity contribution in [1.29, 1.82) is 0 Å². The van der Waals surface area contributed by atoms with E-state index in [4.69, 9.17) is 15.6 Å². The number of carboxylic acids is 1. The molecule has 0 spiro atoms. The Balaban J connectivity index is 2.68. The molecule has 0 saturated heterocycles. The summed E-state index contributed by atoms with van der Waals surface area (Å²) < 4.78 is 29.1. The van der Waals surface area contributed by atoms with E-state index in [0.29, 0.717) is 18.5 Å². The van der Waals surface area contributed by atoms with Crippen LogP contribution in [-0.4, -0.2) is 44.4 Å². The van der Waals surface area contributed by atoms with Gasteiger partial charge < -0.3 is 15.6 Å². The van der Waals surface area contributed by atoms with Crippen LogP contribution in [0.15, 0.2) is 29.2 Å². The second-order valence-electron chi connectivity index (χ2n) is 4.56. The number of sulfone groups is 1. The van der Waals surface area contributed by atoms with E-state index in [9.17, 15) is 18.0 Å². The van der Waals surface area contributed by atoms with Crippen molar-refractivity contribution in [2.24, 2.45) is 5.73 Å². The lowest BCUT2D eigenvalue weighted by Crippen LogP contribution is -2.18. The second-order valence-corrected chi connectivity index (χ2v) is 6.50. The fourth-order valence-corrected chi connectivity index (χ4v) is 2.80. The first-order valence-electron chi connectivity index (χ1n) is 6.74. The summed E-state index contributed by atoms with van der Waals surface area (Å²) in [5, 5.41) is 7.68. The molecule has 0 bridgehead atoms. The van der Waals surface area contributed by atoms with E-state index in [1.54, 1.807) is 0 Å². The monoisotopic (exact) mass is 329 g/mol. The van der Waals surface area contributed by atoms with Crippen molar-refractivity contribution in [3.05, 3.63) is 29.8 Å². The van der Waals surface area contributed by atoms with Gasteiger partial charge in [0.25, 0.3) is 5.12 Å². The largest absolute Gasteiger partial charge is 0.481 e. The Kier molecular flexibility index (Phi) is 7.16. The number of aliphatic carboxylic acids is 1. The number of hydrogen-bond acceptors (Lipinski definition) is 6. The molecular formula is C14H19NO6S. The van der Waals surface area contributed by atoms with Gasteiger partial charge >= 0.3 is 5.97 Å². The molecule has 0 amide bonds. The molecule has 0 heterocycles. The van der Waals surface area contributed by atoms with Crippen molar-refractivity contribution in [1.82, 2.24) is 0 Å². The molecule has 0 fully saturated rings. The Hall–Kier alpha value is -1.77. The van der Waals surface area contributed by atoms with Gasteiger partial charge in [0.2, 0.25) is 9.84 Å². The van der Waals surface area contributed by atoms with Gasteiger partial charge in [-0.15, -0.1) is 0 Å². The average Bonchev–Trinajstić information content (AvgIpc) is 2.49. The highest BCUT2D eigenvalue weighted by Gasteiger charge is 2.24. The highest BCUT2D eigenvalue weighted by atomic mass is 32.2. The number of carboxylic acid groups (broad SMARTS) is 1. The van der Waals surface area contributed by atoms with Crippen LogP contribution < -0.4 is 5.73 Å². The van der Waals surface area contributed by atoms with E-state index in [1.165, 1.54) is 24.3 Å². The first kappa shape index (κ1) is 18.3. The maximum Gasteiger partial charge on any atom is 0.303 e. The van der Waals surface area contributed by atoms with Crippen LogP contribution in [0.1, 0.15) is 18.4 Å². The quantitative estimate of drug-likeness (QED) is 0.627. The van der Waals surface area contributed by atoms with Gasteiger partial charge in [-0.25, -0.2) is 8.42 Å². The summed E-state index contributed by atoms with van der Waals surface area (Å²) in [4.78, 5) is 22.1. The van der Waals surface area contributed by atoms with E-state index in [1.807, 2.05) is 0 Å². The number of ether oxygens (including phenoxy) is 1. The Labute approximate surface area is 129 Å². The maximum atomic E-state index is 12.0. The zero-order valence-corrected chi connectivity index (χ0v) is 12.8. The summed E-state index contributed by atoms with van der Waals surface area (Å²) in [6.07, 6.45) is 0.0309. The topological polar surface area (TPSA) is 124 Å². The van der Waals surface area contributed by atoms with Gasteiger partial charge in [0.1, 0.15) is 0 Å². The molecule has 0 saturated carbocycles. The lowest BCUT2D eigenvalue weighted by Gasteiger charge is -2.05. The summed E-state index contributed by atoms with van der Waals surface area (Å²) in [6, 6.07) is 5.64. The van der Waals surface area contributed by atoms with Crippen molar-refractivity contribution in [3.63, 3.8) is 0 Å². The molecule has 0 radical (unpaired) electrons. The Morgan fingerprint density at radius 2 is 1.73 bits per heavy atom. The first-order chi connectivity index (χ1) is 10.4. The van der Waals surface area contributed by atoms with Gasteiger partial charge in [-0.3, -0.25) is 9.59 Å². The van der Waals surface area contributed by atoms with Crippen LogP contribution in [0.2, 0.25) is 0 Å². The van der Waals surface area contributed by atoms with Crippen molar-refractivity contribution in [3.8, 4) is 0 Å². The normalized spacial score (nSPS) is 11.3. The van der Waals surface area contributed by atoms with Crippen LogP contribution in [0.5, 0.6) is 0 Å². The summed E-state index contributed by atoms with van der Waals surface area (Å²) in [5.74, 6) is -0.927. The number of aryl methyl sites for hydroxylation is 1. The van der Waals surface area contributed by atoms with Gasteiger partial charge in [-0.1, -0.05) is 12.1 Å². The molecule has 7 nitrogen and oxygen atoms in total. The van der Waals surface area contributed by atoms with Crippen LogP contribution >= 0.6 is 0 Å². The molecule has 0 aliphatic carbocycles. The van der Waals surface area contributed by atoms with E-state index in [-0.39, 0.29) is 31.0 Å². The minimum Gasteiger partial charge on any atom is -0.481 e. The number of benzene rings is 1. The zero-order chi connectivity index (χ0) is 16.6. The molecule has 8 heteroatoms. The third-order valence-corrected chi connectivity index (χ3v) is 4.57. The standard InChI is InChI=1S/C14H19NO6S/c15-8-10-21-9-7-14(18)22(19,20)12-4-1-11(2-5-12)3-6-13(16)17/h1-2,4-5H,3,6-10,15H2,(H,16,17). The molecule has 0 atom stereocenters. The van der Waals surface area contributed by atoms with Gasteiger partial charge in [0.15, 0.2) is 0 Å². The van der Waals surface area contributed by atoms with Crippen LogP contribution in [0.25, 0.3) is 0 Å². The smallest absolute Gasteiger partial charge is 0.303 e. The van der Waals surface area contributed by atoms with Crippen molar-refractivity contribution in [2.45, 2.75) is 24.2 Å². The Bertz CT molecular complexity index is 609. The van der Waals surface area contributed by atoms with Gasteiger partial charge in [-0.2, -0.15) is 0 Å². The van der Waals surface area contributed by atoms with Gasteiger partial charge in [0, 0.05) is 19.4 Å². The van der Waals surface area contributed by atoms with E-state index < -0.39 is 20.9 Å². The second kappa shape index (κ2) is 8.62. The minimum absolute atomic E-state index is 0.00591. The average molecular weight is 329 g/mol. The van der Waals surface area contributed by atoms with Crippen molar-refractivity contribution < 1.29 is 27.9 Å². The Morgan fingerprint density at radius 1 is 1.09 bits per heavy atom. The van der Waals surface area contributed by atoms with E-state index in [0.717, 1.165) is 0 Å². The predicted octanol–water partition coefficient (Wildman–Crippen LogP) is 0.370. The number of carbonyl (C=O) groups is 2. The number of hydrogen-bond donors (Lipinski definition) is 2. The molecule has 122 valence electrons. The highest BCUT2D eigenvalue weighted by molar-refractivity contribution is 8.06. The van der Waals surface area contributed by atoms with Gasteiger partial charge in [0.05, 0.1) is 18.1 Å². The fourth-order valence-electron chi connectivity index (χ4n) is 1.69. The van der Waals surface area contributed by atoms with Gasteiger partial charge in [-0.05, 0) is 24.1 Å². The molecule has 3 N–H and O–H groups in total. The number of nitrogens with two attached hydrogens (primary N) is 1. The fraction of sp³-hybridized carbons (Fsp3) is 0.429. The van der Waals surface area contributed by atoms with E-state index in [2.05, 4.69) is 0 Å². The maximum absolute atomic E-state index is 12.0. The first-order valence-corrected chi connectivity index (χ1v) is 8.22. The van der Waals surface area contributed by atoms with Crippen LogP contribution in [0.3, 0.4) is 0 Å². The molecule has 0 aliphatic rings. The SMILES string of the molecule is NCCOCCC(=O)S(=O)(=O)c1ccc(CCC(=O)O)cc1. The number of rotatable bonds is 9. The van der Waals surface area contributed by atoms with Crippen molar-refractivity contribution in [2.75, 3.05) is 19.8 Å². The van der Waals surface area contributed by atoms with Crippen molar-refractivity contribution >= 4 is 20.9 Å². The van der Waals surface area contributed by atoms with Crippen LogP contribution in [-0.2, 0) is 30.6 Å². The molecule has 0 aromatic heterocycles. The molecular weight excluding hydrogens is 310 g/mol. The summed E-state index contributed by atoms with van der Waals surface area (Å²) in [5.41, 5.74) is 5.91. The molecule has 1 rings (SSSR count). The summed E-state index contributed by atoms with van der Waals surface area (Å²) in [7, 11) is -4.04. The molecule has 1 aromatic carbocycles. The predicted molar refractivity (Wildman–Crippen MR) is 79.1 cm³/mol. The lowest BCUT2D eigenvalue weighted by molar-refractivity contribution is -0.137. The summed E-state index contributed by atoms with van der Waals surface area (Å²) in [6.45, 7) is 0.580. The number of carbonyl (C=O) groups excluding carboxylic acids is 1. The summed E-state index contributed by atoms with van der Waals surface area (Å²) >= 11 is 0. The molecule has 0 unspecified atom stereocenters. The zero-order valence-electron chi connectivity index (χ0n) is 12.0. The third kappa shape index (κ3) is 5.55.